The standard InChI is InChI=1S/C14H27NO4/c1-2-3-4-5-6-7-8-9-10-11-13(16)15-19-12-14(17)18/h2-12H2,1H3,(H,15,16)(H,17,18). The number of carbonyl (C=O) groups is 2. The average molecular weight is 273 g/mol. The predicted molar refractivity (Wildman–Crippen MR) is 73.6 cm³/mol. The first kappa shape index (κ1) is 17.9. The summed E-state index contributed by atoms with van der Waals surface area (Å²) in [5, 5.41) is 8.30. The normalized spacial score (nSPS) is 10.4. The number of hydrogen-bond donors (Lipinski definition) is 2. The van der Waals surface area contributed by atoms with E-state index >= 15 is 0 Å². The molecule has 0 aromatic heterocycles. The highest BCUT2D eigenvalue weighted by atomic mass is 16.7. The Morgan fingerprint density at radius 3 is 2.00 bits per heavy atom. The minimum absolute atomic E-state index is 0.246. The summed E-state index contributed by atoms with van der Waals surface area (Å²) in [7, 11) is 0. The summed E-state index contributed by atoms with van der Waals surface area (Å²) < 4.78 is 0. The van der Waals surface area contributed by atoms with Crippen LogP contribution in [0.2, 0.25) is 0 Å². The van der Waals surface area contributed by atoms with Crippen LogP contribution in [0.4, 0.5) is 0 Å². The van der Waals surface area contributed by atoms with Gasteiger partial charge in [0.2, 0.25) is 5.91 Å². The minimum atomic E-state index is -1.09. The second-order valence-corrected chi connectivity index (χ2v) is 4.79. The van der Waals surface area contributed by atoms with Crippen LogP contribution in [-0.4, -0.2) is 23.6 Å². The number of aliphatic carboxylic acids is 1. The van der Waals surface area contributed by atoms with E-state index < -0.39 is 12.6 Å². The molecule has 0 saturated heterocycles. The zero-order valence-electron chi connectivity index (χ0n) is 12.0. The minimum Gasteiger partial charge on any atom is -0.479 e. The topological polar surface area (TPSA) is 75.6 Å². The van der Waals surface area contributed by atoms with Crippen LogP contribution < -0.4 is 5.48 Å². The molecule has 1 amide bonds. The van der Waals surface area contributed by atoms with Gasteiger partial charge in [0.1, 0.15) is 0 Å². The number of hydrogen-bond acceptors (Lipinski definition) is 3. The highest BCUT2D eigenvalue weighted by molar-refractivity contribution is 5.75. The zero-order chi connectivity index (χ0) is 14.3. The van der Waals surface area contributed by atoms with E-state index in [0.717, 1.165) is 19.3 Å². The molecule has 5 nitrogen and oxygen atoms in total. The zero-order valence-corrected chi connectivity index (χ0v) is 12.0. The molecule has 5 heteroatoms. The molecule has 112 valence electrons. The van der Waals surface area contributed by atoms with Gasteiger partial charge in [-0.25, -0.2) is 10.3 Å². The van der Waals surface area contributed by atoms with Crippen LogP contribution in [-0.2, 0) is 14.4 Å². The van der Waals surface area contributed by atoms with Gasteiger partial charge in [0.05, 0.1) is 0 Å². The number of carboxylic acid groups (broad SMARTS) is 1. The summed E-state index contributed by atoms with van der Waals surface area (Å²) in [6.07, 6.45) is 11.2. The molecular formula is C14H27NO4. The van der Waals surface area contributed by atoms with Crippen molar-refractivity contribution in [1.29, 1.82) is 0 Å². The van der Waals surface area contributed by atoms with Gasteiger partial charge in [-0.3, -0.25) is 9.63 Å². The first-order valence-corrected chi connectivity index (χ1v) is 7.29. The second kappa shape index (κ2) is 13.3. The van der Waals surface area contributed by atoms with E-state index in [4.69, 9.17) is 5.11 Å². The maximum atomic E-state index is 11.2. The fourth-order valence-electron chi connectivity index (χ4n) is 1.83. The van der Waals surface area contributed by atoms with E-state index in [1.807, 2.05) is 0 Å². The average Bonchev–Trinajstić information content (AvgIpc) is 2.36. The lowest BCUT2D eigenvalue weighted by molar-refractivity contribution is -0.149. The quantitative estimate of drug-likeness (QED) is 0.399. The summed E-state index contributed by atoms with van der Waals surface area (Å²) in [6, 6.07) is 0. The summed E-state index contributed by atoms with van der Waals surface area (Å²) in [5.74, 6) is -1.34. The summed E-state index contributed by atoms with van der Waals surface area (Å²) >= 11 is 0. The van der Waals surface area contributed by atoms with Crippen molar-refractivity contribution in [1.82, 2.24) is 5.48 Å². The Labute approximate surface area is 115 Å². The van der Waals surface area contributed by atoms with Crippen LogP contribution in [0.5, 0.6) is 0 Å². The lowest BCUT2D eigenvalue weighted by Gasteiger charge is -2.04. The fraction of sp³-hybridized carbons (Fsp3) is 0.857. The van der Waals surface area contributed by atoms with Crippen molar-refractivity contribution in [2.45, 2.75) is 71.1 Å². The summed E-state index contributed by atoms with van der Waals surface area (Å²) in [4.78, 5) is 25.8. The van der Waals surface area contributed by atoms with E-state index in [-0.39, 0.29) is 5.91 Å². The van der Waals surface area contributed by atoms with E-state index in [2.05, 4.69) is 17.2 Å². The van der Waals surface area contributed by atoms with Gasteiger partial charge in [0, 0.05) is 6.42 Å². The first-order valence-electron chi connectivity index (χ1n) is 7.29. The van der Waals surface area contributed by atoms with Gasteiger partial charge < -0.3 is 5.11 Å². The third-order valence-corrected chi connectivity index (χ3v) is 2.89. The number of unbranched alkanes of at least 4 members (excludes halogenated alkanes) is 8. The van der Waals surface area contributed by atoms with Gasteiger partial charge >= 0.3 is 5.97 Å². The van der Waals surface area contributed by atoms with E-state index in [1.54, 1.807) is 0 Å². The van der Waals surface area contributed by atoms with Crippen LogP contribution >= 0.6 is 0 Å². The van der Waals surface area contributed by atoms with Gasteiger partial charge in [0.25, 0.3) is 0 Å². The molecular weight excluding hydrogens is 246 g/mol. The van der Waals surface area contributed by atoms with Gasteiger partial charge in [0.15, 0.2) is 6.61 Å². The lowest BCUT2D eigenvalue weighted by atomic mass is 10.1. The van der Waals surface area contributed by atoms with Crippen LogP contribution in [0, 0.1) is 0 Å². The van der Waals surface area contributed by atoms with Crippen molar-refractivity contribution in [3.05, 3.63) is 0 Å². The van der Waals surface area contributed by atoms with Crippen LogP contribution in [0.15, 0.2) is 0 Å². The van der Waals surface area contributed by atoms with Crippen molar-refractivity contribution in [3.63, 3.8) is 0 Å². The molecule has 0 aliphatic carbocycles. The maximum Gasteiger partial charge on any atom is 0.332 e. The second-order valence-electron chi connectivity index (χ2n) is 4.79. The number of carbonyl (C=O) groups excluding carboxylic acids is 1. The predicted octanol–water partition coefficient (Wildman–Crippen LogP) is 3.04. The number of rotatable bonds is 13. The highest BCUT2D eigenvalue weighted by Gasteiger charge is 2.02. The monoisotopic (exact) mass is 273 g/mol. The van der Waals surface area contributed by atoms with Crippen molar-refractivity contribution in [3.8, 4) is 0 Å². The van der Waals surface area contributed by atoms with Gasteiger partial charge in [-0.15, -0.1) is 0 Å². The molecule has 0 unspecified atom stereocenters. The molecule has 0 aromatic carbocycles. The van der Waals surface area contributed by atoms with Crippen molar-refractivity contribution < 1.29 is 19.5 Å². The molecule has 19 heavy (non-hydrogen) atoms. The summed E-state index contributed by atoms with van der Waals surface area (Å²) in [6.45, 7) is 1.72. The maximum absolute atomic E-state index is 11.2. The molecule has 0 bridgehead atoms. The molecule has 0 aliphatic heterocycles. The first-order chi connectivity index (χ1) is 9.16. The van der Waals surface area contributed by atoms with Crippen molar-refractivity contribution >= 4 is 11.9 Å². The molecule has 0 aliphatic rings. The van der Waals surface area contributed by atoms with Crippen molar-refractivity contribution in [2.24, 2.45) is 0 Å². The Bertz CT molecular complexity index is 244. The van der Waals surface area contributed by atoms with Crippen LogP contribution in [0.25, 0.3) is 0 Å². The number of amides is 1. The Morgan fingerprint density at radius 2 is 1.47 bits per heavy atom. The number of hydroxylamine groups is 1. The smallest absolute Gasteiger partial charge is 0.332 e. The molecule has 0 saturated carbocycles. The lowest BCUT2D eigenvalue weighted by Crippen LogP contribution is -2.26. The molecule has 0 fully saturated rings. The highest BCUT2D eigenvalue weighted by Crippen LogP contribution is 2.10. The third kappa shape index (κ3) is 14.8. The fourth-order valence-corrected chi connectivity index (χ4v) is 1.83. The Balaban J connectivity index is 3.16. The number of carboxylic acids is 1. The van der Waals surface area contributed by atoms with E-state index in [9.17, 15) is 9.59 Å². The molecule has 0 aromatic rings. The van der Waals surface area contributed by atoms with Crippen LogP contribution in [0.3, 0.4) is 0 Å². The van der Waals surface area contributed by atoms with Crippen molar-refractivity contribution in [2.75, 3.05) is 6.61 Å². The van der Waals surface area contributed by atoms with Gasteiger partial charge in [-0.05, 0) is 6.42 Å². The van der Waals surface area contributed by atoms with Gasteiger partial charge in [-0.2, -0.15) is 0 Å². The number of nitrogens with one attached hydrogen (secondary N) is 1. The molecule has 0 spiro atoms. The Morgan fingerprint density at radius 1 is 0.947 bits per heavy atom. The molecule has 0 atom stereocenters. The Kier molecular flexibility index (Phi) is 12.6. The SMILES string of the molecule is CCCCCCCCCCCC(=O)NOCC(=O)O. The van der Waals surface area contributed by atoms with E-state index in [0.29, 0.717) is 6.42 Å². The third-order valence-electron chi connectivity index (χ3n) is 2.89. The molecule has 0 radical (unpaired) electrons. The molecule has 0 heterocycles. The van der Waals surface area contributed by atoms with Gasteiger partial charge in [-0.1, -0.05) is 58.3 Å². The largest absolute Gasteiger partial charge is 0.479 e. The molecule has 2 N–H and O–H groups in total. The Hall–Kier alpha value is -1.10. The van der Waals surface area contributed by atoms with E-state index in [1.165, 1.54) is 38.5 Å². The molecule has 0 rings (SSSR count). The van der Waals surface area contributed by atoms with Crippen LogP contribution in [0.1, 0.15) is 71.1 Å². The summed E-state index contributed by atoms with van der Waals surface area (Å²) in [5.41, 5.74) is 2.12.